The molecule has 0 spiro atoms. The Kier molecular flexibility index (Phi) is 6.58. The summed E-state index contributed by atoms with van der Waals surface area (Å²) < 4.78 is 5.09. The summed E-state index contributed by atoms with van der Waals surface area (Å²) in [4.78, 5) is 29.3. The van der Waals surface area contributed by atoms with E-state index in [2.05, 4.69) is 20.9 Å². The number of aromatic nitrogens is 1. The van der Waals surface area contributed by atoms with Crippen molar-refractivity contribution in [2.24, 2.45) is 0 Å². The van der Waals surface area contributed by atoms with Crippen LogP contribution in [0.1, 0.15) is 15.4 Å². The average molecular weight is 451 g/mol. The number of aryl methyl sites for hydroxylation is 1. The van der Waals surface area contributed by atoms with Gasteiger partial charge >= 0.3 is 6.03 Å². The fourth-order valence-electron chi connectivity index (χ4n) is 2.39. The first-order valence-corrected chi connectivity index (χ1v) is 9.89. The van der Waals surface area contributed by atoms with Crippen molar-refractivity contribution in [1.82, 2.24) is 4.98 Å². The molecule has 3 rings (SSSR count). The molecule has 29 heavy (non-hydrogen) atoms. The summed E-state index contributed by atoms with van der Waals surface area (Å²) in [6, 6.07) is 11.1. The number of anilines is 3. The number of methoxy groups -OCH3 is 1. The highest BCUT2D eigenvalue weighted by Gasteiger charge is 2.17. The maximum atomic E-state index is 12.6. The van der Waals surface area contributed by atoms with Gasteiger partial charge in [0.25, 0.3) is 5.91 Å². The van der Waals surface area contributed by atoms with Gasteiger partial charge in [-0.3, -0.25) is 10.1 Å². The van der Waals surface area contributed by atoms with Gasteiger partial charge < -0.3 is 15.4 Å². The Morgan fingerprint density at radius 2 is 1.69 bits per heavy atom. The smallest absolute Gasteiger partial charge is 0.325 e. The van der Waals surface area contributed by atoms with E-state index in [4.69, 9.17) is 27.9 Å². The molecule has 1 aromatic heterocycles. The van der Waals surface area contributed by atoms with Crippen molar-refractivity contribution in [1.29, 1.82) is 0 Å². The first kappa shape index (κ1) is 20.9. The van der Waals surface area contributed by atoms with Gasteiger partial charge in [0.15, 0.2) is 5.13 Å². The van der Waals surface area contributed by atoms with Crippen molar-refractivity contribution in [2.75, 3.05) is 23.1 Å². The van der Waals surface area contributed by atoms with Crippen LogP contribution in [0.5, 0.6) is 5.75 Å². The number of amides is 3. The van der Waals surface area contributed by atoms with Crippen molar-refractivity contribution < 1.29 is 14.3 Å². The molecule has 3 aromatic rings. The standard InChI is InChI=1S/C19H16Cl2N4O3S/c1-10-16(17(26)23-13-7-8-15(28-2)14(21)9-13)29-19(22-10)25-18(27)24-12-5-3-11(20)4-6-12/h3-9H,1-2H3,(H,23,26)(H2,22,24,25,27). The number of rotatable bonds is 5. The monoisotopic (exact) mass is 450 g/mol. The van der Waals surface area contributed by atoms with E-state index in [1.54, 1.807) is 49.4 Å². The van der Waals surface area contributed by atoms with Crippen LogP contribution in [0.4, 0.5) is 21.3 Å². The minimum absolute atomic E-state index is 0.298. The molecule has 0 saturated carbocycles. The van der Waals surface area contributed by atoms with Gasteiger partial charge in [-0.25, -0.2) is 9.78 Å². The van der Waals surface area contributed by atoms with Gasteiger partial charge in [0.05, 0.1) is 17.8 Å². The zero-order valence-corrected chi connectivity index (χ0v) is 17.7. The maximum absolute atomic E-state index is 12.6. The largest absolute Gasteiger partial charge is 0.495 e. The van der Waals surface area contributed by atoms with Crippen molar-refractivity contribution in [3.05, 3.63) is 63.1 Å². The fourth-order valence-corrected chi connectivity index (χ4v) is 3.63. The molecule has 3 amide bonds. The second-order valence-electron chi connectivity index (χ2n) is 5.82. The lowest BCUT2D eigenvalue weighted by Gasteiger charge is -2.07. The SMILES string of the molecule is COc1ccc(NC(=O)c2sc(NC(=O)Nc3ccc(Cl)cc3)nc2C)cc1Cl. The molecule has 0 aliphatic carbocycles. The highest BCUT2D eigenvalue weighted by molar-refractivity contribution is 7.17. The molecule has 0 radical (unpaired) electrons. The van der Waals surface area contributed by atoms with Gasteiger partial charge in [0, 0.05) is 16.4 Å². The van der Waals surface area contributed by atoms with Gasteiger partial charge in [-0.05, 0) is 49.4 Å². The van der Waals surface area contributed by atoms with E-state index < -0.39 is 6.03 Å². The van der Waals surface area contributed by atoms with Crippen LogP contribution < -0.4 is 20.7 Å². The number of urea groups is 1. The zero-order valence-electron chi connectivity index (χ0n) is 15.4. The number of benzene rings is 2. The number of hydrogen-bond donors (Lipinski definition) is 3. The van der Waals surface area contributed by atoms with Gasteiger partial charge in [0.2, 0.25) is 0 Å². The van der Waals surface area contributed by atoms with E-state index in [0.29, 0.717) is 42.9 Å². The molecule has 0 saturated heterocycles. The van der Waals surface area contributed by atoms with Gasteiger partial charge in [-0.15, -0.1) is 0 Å². The summed E-state index contributed by atoms with van der Waals surface area (Å²) in [6.45, 7) is 1.69. The van der Waals surface area contributed by atoms with E-state index in [1.807, 2.05) is 0 Å². The molecule has 2 aromatic carbocycles. The van der Waals surface area contributed by atoms with Crippen molar-refractivity contribution in [2.45, 2.75) is 6.92 Å². The molecule has 1 heterocycles. The molecule has 7 nitrogen and oxygen atoms in total. The number of nitrogens with one attached hydrogen (secondary N) is 3. The Balaban J connectivity index is 1.65. The highest BCUT2D eigenvalue weighted by Crippen LogP contribution is 2.29. The number of carbonyl (C=O) groups is 2. The summed E-state index contributed by atoms with van der Waals surface area (Å²) in [6.07, 6.45) is 0. The molecule has 150 valence electrons. The normalized spacial score (nSPS) is 10.3. The Labute approximate surface area is 181 Å². The molecular weight excluding hydrogens is 435 g/mol. The van der Waals surface area contributed by atoms with E-state index in [1.165, 1.54) is 7.11 Å². The number of nitrogens with zero attached hydrogens (tertiary/aromatic N) is 1. The third-order valence-corrected chi connectivity index (χ3v) is 5.35. The Hall–Kier alpha value is -2.81. The summed E-state index contributed by atoms with van der Waals surface area (Å²) in [7, 11) is 1.51. The van der Waals surface area contributed by atoms with E-state index in [9.17, 15) is 9.59 Å². The van der Waals surface area contributed by atoms with Crippen molar-refractivity contribution in [3.8, 4) is 5.75 Å². The number of hydrogen-bond acceptors (Lipinski definition) is 5. The van der Waals surface area contributed by atoms with Crippen LogP contribution in [-0.2, 0) is 0 Å². The van der Waals surface area contributed by atoms with E-state index in [0.717, 1.165) is 11.3 Å². The number of halogens is 2. The average Bonchev–Trinajstić information content (AvgIpc) is 3.04. The highest BCUT2D eigenvalue weighted by atomic mass is 35.5. The lowest BCUT2D eigenvalue weighted by Crippen LogP contribution is -2.19. The Morgan fingerprint density at radius 3 is 2.34 bits per heavy atom. The lowest BCUT2D eigenvalue weighted by atomic mass is 10.3. The molecule has 3 N–H and O–H groups in total. The van der Waals surface area contributed by atoms with Crippen LogP contribution >= 0.6 is 34.5 Å². The molecule has 0 aliphatic rings. The molecule has 10 heteroatoms. The lowest BCUT2D eigenvalue weighted by molar-refractivity contribution is 0.102. The van der Waals surface area contributed by atoms with Crippen LogP contribution in [-0.4, -0.2) is 24.0 Å². The van der Waals surface area contributed by atoms with Crippen LogP contribution in [0.2, 0.25) is 10.0 Å². The summed E-state index contributed by atoms with van der Waals surface area (Å²) in [5, 5.41) is 9.28. The van der Waals surface area contributed by atoms with Crippen molar-refractivity contribution >= 4 is 63.0 Å². The summed E-state index contributed by atoms with van der Waals surface area (Å²) in [5.41, 5.74) is 1.59. The summed E-state index contributed by atoms with van der Waals surface area (Å²) in [5.74, 6) is 0.157. The number of thiazole rings is 1. The predicted molar refractivity (Wildman–Crippen MR) is 117 cm³/mol. The van der Waals surface area contributed by atoms with Gasteiger partial charge in [-0.1, -0.05) is 34.5 Å². The minimum atomic E-state index is -0.477. The topological polar surface area (TPSA) is 92.4 Å². The zero-order chi connectivity index (χ0) is 21.0. The Morgan fingerprint density at radius 1 is 1.00 bits per heavy atom. The van der Waals surface area contributed by atoms with Crippen LogP contribution in [0.25, 0.3) is 0 Å². The van der Waals surface area contributed by atoms with Gasteiger partial charge in [-0.2, -0.15) is 0 Å². The van der Waals surface area contributed by atoms with Crippen LogP contribution in [0, 0.1) is 6.92 Å². The third kappa shape index (κ3) is 5.38. The quantitative estimate of drug-likeness (QED) is 0.467. The molecule has 0 atom stereocenters. The van der Waals surface area contributed by atoms with Gasteiger partial charge in [0.1, 0.15) is 10.6 Å². The van der Waals surface area contributed by atoms with Crippen LogP contribution in [0.3, 0.4) is 0 Å². The number of carbonyl (C=O) groups excluding carboxylic acids is 2. The molecular formula is C19H16Cl2N4O3S. The Bertz CT molecular complexity index is 1050. The minimum Gasteiger partial charge on any atom is -0.495 e. The first-order chi connectivity index (χ1) is 13.9. The van der Waals surface area contributed by atoms with Crippen molar-refractivity contribution in [3.63, 3.8) is 0 Å². The van der Waals surface area contributed by atoms with E-state index >= 15 is 0 Å². The van der Waals surface area contributed by atoms with E-state index in [-0.39, 0.29) is 5.91 Å². The second-order valence-corrected chi connectivity index (χ2v) is 7.67. The molecule has 0 bridgehead atoms. The van der Waals surface area contributed by atoms with Crippen LogP contribution in [0.15, 0.2) is 42.5 Å². The molecule has 0 aliphatic heterocycles. The number of ether oxygens (including phenoxy) is 1. The maximum Gasteiger partial charge on any atom is 0.325 e. The predicted octanol–water partition coefficient (Wildman–Crippen LogP) is 5.66. The first-order valence-electron chi connectivity index (χ1n) is 8.31. The third-order valence-electron chi connectivity index (χ3n) is 3.74. The fraction of sp³-hybridized carbons (Fsp3) is 0.105. The summed E-state index contributed by atoms with van der Waals surface area (Å²) >= 11 is 13.0. The molecule has 0 unspecified atom stereocenters. The molecule has 0 fully saturated rings. The second kappa shape index (κ2) is 9.13.